The van der Waals surface area contributed by atoms with Crippen molar-refractivity contribution in [1.82, 2.24) is 10.2 Å². The van der Waals surface area contributed by atoms with Crippen molar-refractivity contribution in [3.8, 4) is 5.75 Å². The molecule has 6 nitrogen and oxygen atoms in total. The van der Waals surface area contributed by atoms with Crippen LogP contribution < -0.4 is 15.8 Å². The summed E-state index contributed by atoms with van der Waals surface area (Å²) in [7, 11) is 0. The third kappa shape index (κ3) is 4.78. The lowest BCUT2D eigenvalue weighted by molar-refractivity contribution is -0.135. The van der Waals surface area contributed by atoms with Gasteiger partial charge in [0, 0.05) is 30.2 Å². The van der Waals surface area contributed by atoms with Gasteiger partial charge in [0.1, 0.15) is 5.75 Å². The molecule has 0 spiro atoms. The Hall–Kier alpha value is -2.57. The molecule has 142 valence electrons. The first kappa shape index (κ1) is 19.2. The number of rotatable bonds is 6. The van der Waals surface area contributed by atoms with E-state index in [1.165, 1.54) is 0 Å². The number of primary amides is 1. The molecule has 1 aliphatic rings. The zero-order valence-corrected chi connectivity index (χ0v) is 15.6. The highest BCUT2D eigenvalue weighted by molar-refractivity contribution is 6.31. The molecule has 27 heavy (non-hydrogen) atoms. The van der Waals surface area contributed by atoms with Gasteiger partial charge in [-0.3, -0.25) is 9.59 Å². The van der Waals surface area contributed by atoms with Crippen molar-refractivity contribution in [3.05, 3.63) is 64.7 Å². The molecule has 1 atom stereocenters. The summed E-state index contributed by atoms with van der Waals surface area (Å²) in [5.74, 6) is 0.131. The first-order valence-electron chi connectivity index (χ1n) is 8.83. The van der Waals surface area contributed by atoms with Gasteiger partial charge in [-0.25, -0.2) is 0 Å². The second kappa shape index (κ2) is 8.88. The van der Waals surface area contributed by atoms with Crippen molar-refractivity contribution < 1.29 is 14.3 Å². The molecule has 0 saturated carbocycles. The smallest absolute Gasteiger partial charge is 0.248 e. The minimum Gasteiger partial charge on any atom is -0.493 e. The maximum Gasteiger partial charge on any atom is 0.248 e. The summed E-state index contributed by atoms with van der Waals surface area (Å²) in [6, 6.07) is 14.1. The quantitative estimate of drug-likeness (QED) is 0.797. The SMILES string of the molecule is NC(=O)c1ccc(OCCC(=O)N2CCNCC2c2ccccc2Cl)cc1. The van der Waals surface area contributed by atoms with Crippen molar-refractivity contribution in [1.29, 1.82) is 0 Å². The molecule has 0 aliphatic carbocycles. The van der Waals surface area contributed by atoms with Gasteiger partial charge in [0.25, 0.3) is 0 Å². The summed E-state index contributed by atoms with van der Waals surface area (Å²) in [5.41, 5.74) is 6.58. The first-order valence-corrected chi connectivity index (χ1v) is 9.21. The van der Waals surface area contributed by atoms with E-state index in [-0.39, 0.29) is 25.0 Å². The summed E-state index contributed by atoms with van der Waals surface area (Å²) >= 11 is 6.32. The third-order valence-electron chi connectivity index (χ3n) is 4.55. The largest absolute Gasteiger partial charge is 0.493 e. The van der Waals surface area contributed by atoms with E-state index < -0.39 is 5.91 Å². The van der Waals surface area contributed by atoms with E-state index in [2.05, 4.69) is 5.32 Å². The zero-order valence-electron chi connectivity index (χ0n) is 14.9. The second-order valence-electron chi connectivity index (χ2n) is 6.32. The average molecular weight is 388 g/mol. The molecule has 2 aromatic carbocycles. The van der Waals surface area contributed by atoms with Crippen LogP contribution in [0.25, 0.3) is 0 Å². The molecule has 1 unspecified atom stereocenters. The number of ether oxygens (including phenoxy) is 1. The summed E-state index contributed by atoms with van der Waals surface area (Å²) in [6.45, 7) is 2.31. The van der Waals surface area contributed by atoms with Crippen LogP contribution in [0.2, 0.25) is 5.02 Å². The molecule has 1 fully saturated rings. The summed E-state index contributed by atoms with van der Waals surface area (Å²) < 4.78 is 5.63. The van der Waals surface area contributed by atoms with Crippen LogP contribution >= 0.6 is 11.6 Å². The van der Waals surface area contributed by atoms with Gasteiger partial charge >= 0.3 is 0 Å². The van der Waals surface area contributed by atoms with Crippen LogP contribution in [0.1, 0.15) is 28.4 Å². The Morgan fingerprint density at radius 2 is 1.93 bits per heavy atom. The van der Waals surface area contributed by atoms with Gasteiger partial charge in [0.15, 0.2) is 0 Å². The molecule has 1 saturated heterocycles. The highest BCUT2D eigenvalue weighted by atomic mass is 35.5. The van der Waals surface area contributed by atoms with Crippen LogP contribution in [0.15, 0.2) is 48.5 Å². The van der Waals surface area contributed by atoms with Crippen molar-refractivity contribution >= 4 is 23.4 Å². The Morgan fingerprint density at radius 3 is 2.63 bits per heavy atom. The second-order valence-corrected chi connectivity index (χ2v) is 6.72. The lowest BCUT2D eigenvalue weighted by Crippen LogP contribution is -2.49. The normalized spacial score (nSPS) is 16.8. The van der Waals surface area contributed by atoms with E-state index in [9.17, 15) is 9.59 Å². The Kier molecular flexibility index (Phi) is 6.32. The molecule has 1 heterocycles. The highest BCUT2D eigenvalue weighted by Gasteiger charge is 2.28. The molecule has 0 radical (unpaired) electrons. The molecule has 0 bridgehead atoms. The monoisotopic (exact) mass is 387 g/mol. The van der Waals surface area contributed by atoms with E-state index >= 15 is 0 Å². The molecule has 0 aromatic heterocycles. The van der Waals surface area contributed by atoms with Gasteiger partial charge in [-0.05, 0) is 35.9 Å². The van der Waals surface area contributed by atoms with E-state index in [4.69, 9.17) is 22.1 Å². The topological polar surface area (TPSA) is 84.7 Å². The first-order chi connectivity index (χ1) is 13.1. The van der Waals surface area contributed by atoms with Crippen LogP contribution in [0.3, 0.4) is 0 Å². The Bertz CT molecular complexity index is 810. The van der Waals surface area contributed by atoms with Crippen LogP contribution in [0, 0.1) is 0 Å². The Morgan fingerprint density at radius 1 is 1.19 bits per heavy atom. The summed E-state index contributed by atoms with van der Waals surface area (Å²) in [6.07, 6.45) is 0.262. The number of hydrogen-bond donors (Lipinski definition) is 2. The van der Waals surface area contributed by atoms with Gasteiger partial charge in [-0.1, -0.05) is 29.8 Å². The number of amides is 2. The standard InChI is InChI=1S/C20H22ClN3O3/c21-17-4-2-1-3-16(17)18-13-23-10-11-24(18)19(25)9-12-27-15-7-5-14(6-8-15)20(22)26/h1-8,18,23H,9-13H2,(H2,22,26). The summed E-state index contributed by atoms with van der Waals surface area (Å²) in [4.78, 5) is 25.7. The fraction of sp³-hybridized carbons (Fsp3) is 0.300. The van der Waals surface area contributed by atoms with Gasteiger partial charge in [-0.15, -0.1) is 0 Å². The van der Waals surface area contributed by atoms with Crippen LogP contribution in [-0.2, 0) is 4.79 Å². The predicted octanol–water partition coefficient (Wildman–Crippen LogP) is 2.38. The van der Waals surface area contributed by atoms with E-state index in [0.717, 1.165) is 12.1 Å². The zero-order chi connectivity index (χ0) is 19.2. The van der Waals surface area contributed by atoms with E-state index in [1.807, 2.05) is 29.2 Å². The van der Waals surface area contributed by atoms with Gasteiger partial charge in [0.2, 0.25) is 11.8 Å². The van der Waals surface area contributed by atoms with Crippen molar-refractivity contribution in [2.45, 2.75) is 12.5 Å². The molecule has 3 rings (SSSR count). The number of piperazine rings is 1. The van der Waals surface area contributed by atoms with Gasteiger partial charge in [-0.2, -0.15) is 0 Å². The number of nitrogens with zero attached hydrogens (tertiary/aromatic N) is 1. The number of nitrogens with two attached hydrogens (primary N) is 1. The maximum atomic E-state index is 12.7. The van der Waals surface area contributed by atoms with Crippen molar-refractivity contribution in [2.24, 2.45) is 5.73 Å². The number of carbonyl (C=O) groups is 2. The molecular formula is C20H22ClN3O3. The summed E-state index contributed by atoms with van der Waals surface area (Å²) in [5, 5.41) is 3.98. The Balaban J connectivity index is 1.59. The van der Waals surface area contributed by atoms with Crippen LogP contribution in [0.5, 0.6) is 5.75 Å². The molecule has 7 heteroatoms. The minimum absolute atomic E-state index is 0.0233. The van der Waals surface area contributed by atoms with Crippen molar-refractivity contribution in [2.75, 3.05) is 26.2 Å². The fourth-order valence-corrected chi connectivity index (χ4v) is 3.40. The highest BCUT2D eigenvalue weighted by Crippen LogP contribution is 2.28. The number of hydrogen-bond acceptors (Lipinski definition) is 4. The number of benzene rings is 2. The third-order valence-corrected chi connectivity index (χ3v) is 4.90. The molecule has 2 amide bonds. The van der Waals surface area contributed by atoms with E-state index in [1.54, 1.807) is 24.3 Å². The average Bonchev–Trinajstić information content (AvgIpc) is 2.69. The predicted molar refractivity (Wildman–Crippen MR) is 104 cm³/mol. The van der Waals surface area contributed by atoms with E-state index in [0.29, 0.717) is 29.4 Å². The maximum absolute atomic E-state index is 12.7. The lowest BCUT2D eigenvalue weighted by atomic mass is 10.0. The van der Waals surface area contributed by atoms with Crippen LogP contribution in [-0.4, -0.2) is 43.0 Å². The minimum atomic E-state index is -0.485. The molecule has 2 aromatic rings. The molecule has 3 N–H and O–H groups in total. The number of nitrogens with one attached hydrogen (secondary N) is 1. The van der Waals surface area contributed by atoms with Crippen LogP contribution in [0.4, 0.5) is 0 Å². The number of halogens is 1. The number of carbonyl (C=O) groups excluding carboxylic acids is 2. The molecular weight excluding hydrogens is 366 g/mol. The van der Waals surface area contributed by atoms with Crippen molar-refractivity contribution in [3.63, 3.8) is 0 Å². The van der Waals surface area contributed by atoms with Gasteiger partial charge in [0.05, 0.1) is 19.1 Å². The Labute approximate surface area is 163 Å². The fourth-order valence-electron chi connectivity index (χ4n) is 3.14. The lowest BCUT2D eigenvalue weighted by Gasteiger charge is -2.37. The van der Waals surface area contributed by atoms with Gasteiger partial charge < -0.3 is 20.7 Å². The molecule has 1 aliphatic heterocycles.